The fourth-order valence-corrected chi connectivity index (χ4v) is 1.14. The molecule has 1 aliphatic rings. The van der Waals surface area contributed by atoms with Gasteiger partial charge in [-0.05, 0) is 13.3 Å². The fraction of sp³-hybridized carbons (Fsp3) is 1.00. The highest BCUT2D eigenvalue weighted by atomic mass is 16.7. The van der Waals surface area contributed by atoms with Crippen molar-refractivity contribution >= 4 is 0 Å². The number of methoxy groups -OCH3 is 1. The molecule has 1 rings (SSSR count). The van der Waals surface area contributed by atoms with Gasteiger partial charge in [-0.1, -0.05) is 13.3 Å². The molecule has 0 aromatic rings. The zero-order chi connectivity index (χ0) is 11.1. The topological polar surface area (TPSA) is 40.2 Å². The summed E-state index contributed by atoms with van der Waals surface area (Å²) >= 11 is 0. The lowest BCUT2D eigenvalue weighted by molar-refractivity contribution is -0.163. The molecule has 0 aromatic heterocycles. The quantitative estimate of drug-likeness (QED) is 0.435. The van der Waals surface area contributed by atoms with Gasteiger partial charge in [0.15, 0.2) is 6.29 Å². The molecular formula is C11H22O4. The second kappa shape index (κ2) is 7.17. The first kappa shape index (κ1) is 12.9. The van der Waals surface area contributed by atoms with Gasteiger partial charge >= 0.3 is 0 Å². The molecule has 90 valence electrons. The van der Waals surface area contributed by atoms with Crippen molar-refractivity contribution in [2.45, 2.75) is 45.2 Å². The highest BCUT2D eigenvalue weighted by molar-refractivity contribution is 4.67. The van der Waals surface area contributed by atoms with Crippen LogP contribution in [-0.2, 0) is 18.9 Å². The molecule has 15 heavy (non-hydrogen) atoms. The molecule has 3 atom stereocenters. The normalized spacial score (nSPS) is 23.8. The third-order valence-electron chi connectivity index (χ3n) is 2.31. The smallest absolute Gasteiger partial charge is 0.157 e. The first-order chi connectivity index (χ1) is 7.26. The van der Waals surface area contributed by atoms with Gasteiger partial charge in [-0.25, -0.2) is 0 Å². The molecule has 0 amide bonds. The maximum atomic E-state index is 5.61. The molecule has 0 aliphatic carbocycles. The third-order valence-corrected chi connectivity index (χ3v) is 2.31. The summed E-state index contributed by atoms with van der Waals surface area (Å²) in [5, 5.41) is 0. The van der Waals surface area contributed by atoms with Crippen LogP contribution in [-0.4, -0.2) is 45.4 Å². The Kier molecular flexibility index (Phi) is 6.17. The van der Waals surface area contributed by atoms with Gasteiger partial charge in [-0.3, -0.25) is 0 Å². The molecule has 1 heterocycles. The SMILES string of the molecule is CCCC(OCC(C)OC)OCC1CO1. The van der Waals surface area contributed by atoms with Crippen LogP contribution < -0.4 is 0 Å². The highest BCUT2D eigenvalue weighted by Gasteiger charge is 2.24. The van der Waals surface area contributed by atoms with Crippen molar-refractivity contribution in [3.8, 4) is 0 Å². The highest BCUT2D eigenvalue weighted by Crippen LogP contribution is 2.13. The zero-order valence-corrected chi connectivity index (χ0v) is 9.90. The summed E-state index contributed by atoms with van der Waals surface area (Å²) in [7, 11) is 1.68. The van der Waals surface area contributed by atoms with Gasteiger partial charge < -0.3 is 18.9 Å². The Labute approximate surface area is 91.8 Å². The Morgan fingerprint density at radius 1 is 1.40 bits per heavy atom. The second-order valence-electron chi connectivity index (χ2n) is 3.89. The van der Waals surface area contributed by atoms with Crippen LogP contribution in [0.5, 0.6) is 0 Å². The van der Waals surface area contributed by atoms with Crippen molar-refractivity contribution in [2.24, 2.45) is 0 Å². The van der Waals surface area contributed by atoms with Crippen molar-refractivity contribution in [1.29, 1.82) is 0 Å². The predicted octanol–water partition coefficient (Wildman–Crippen LogP) is 1.58. The summed E-state index contributed by atoms with van der Waals surface area (Å²) in [6.07, 6.45) is 2.27. The Bertz CT molecular complexity index is 159. The molecule has 0 radical (unpaired) electrons. The van der Waals surface area contributed by atoms with Gasteiger partial charge in [0.25, 0.3) is 0 Å². The summed E-state index contributed by atoms with van der Waals surface area (Å²) in [6.45, 7) is 6.14. The van der Waals surface area contributed by atoms with E-state index in [2.05, 4.69) is 6.92 Å². The lowest BCUT2D eigenvalue weighted by Gasteiger charge is -2.19. The molecule has 0 N–H and O–H groups in total. The summed E-state index contributed by atoms with van der Waals surface area (Å²) in [4.78, 5) is 0. The zero-order valence-electron chi connectivity index (χ0n) is 9.90. The summed E-state index contributed by atoms with van der Waals surface area (Å²) in [5.41, 5.74) is 0. The lowest BCUT2D eigenvalue weighted by Crippen LogP contribution is -2.24. The largest absolute Gasteiger partial charge is 0.379 e. The van der Waals surface area contributed by atoms with Gasteiger partial charge in [0.05, 0.1) is 25.9 Å². The summed E-state index contributed by atoms with van der Waals surface area (Å²) < 4.78 is 21.4. The average molecular weight is 218 g/mol. The molecule has 0 aromatic carbocycles. The molecule has 4 heteroatoms. The molecular weight excluding hydrogens is 196 g/mol. The van der Waals surface area contributed by atoms with Gasteiger partial charge in [0.1, 0.15) is 6.10 Å². The number of hydrogen-bond acceptors (Lipinski definition) is 4. The number of hydrogen-bond donors (Lipinski definition) is 0. The Balaban J connectivity index is 2.10. The number of epoxide rings is 1. The molecule has 1 saturated heterocycles. The van der Waals surface area contributed by atoms with Crippen LogP contribution in [0.25, 0.3) is 0 Å². The van der Waals surface area contributed by atoms with Crippen LogP contribution in [0.15, 0.2) is 0 Å². The Morgan fingerprint density at radius 3 is 2.67 bits per heavy atom. The molecule has 0 saturated carbocycles. The van der Waals surface area contributed by atoms with E-state index in [1.807, 2.05) is 6.92 Å². The first-order valence-corrected chi connectivity index (χ1v) is 5.63. The van der Waals surface area contributed by atoms with Gasteiger partial charge in [0.2, 0.25) is 0 Å². The summed E-state index contributed by atoms with van der Waals surface area (Å²) in [5.74, 6) is 0. The Morgan fingerprint density at radius 2 is 2.13 bits per heavy atom. The van der Waals surface area contributed by atoms with E-state index in [-0.39, 0.29) is 12.4 Å². The maximum Gasteiger partial charge on any atom is 0.157 e. The van der Waals surface area contributed by atoms with Crippen LogP contribution >= 0.6 is 0 Å². The van der Waals surface area contributed by atoms with Crippen LogP contribution in [0, 0.1) is 0 Å². The van der Waals surface area contributed by atoms with Crippen LogP contribution in [0.3, 0.4) is 0 Å². The van der Waals surface area contributed by atoms with Crippen molar-refractivity contribution in [1.82, 2.24) is 0 Å². The van der Waals surface area contributed by atoms with Gasteiger partial charge in [-0.2, -0.15) is 0 Å². The third kappa shape index (κ3) is 6.10. The molecule has 0 spiro atoms. The molecule has 0 bridgehead atoms. The van der Waals surface area contributed by atoms with E-state index in [9.17, 15) is 0 Å². The minimum absolute atomic E-state index is 0.114. The van der Waals surface area contributed by atoms with E-state index < -0.39 is 0 Å². The summed E-state index contributed by atoms with van der Waals surface area (Å²) in [6, 6.07) is 0. The lowest BCUT2D eigenvalue weighted by atomic mass is 10.3. The second-order valence-corrected chi connectivity index (χ2v) is 3.89. The molecule has 1 fully saturated rings. The van der Waals surface area contributed by atoms with E-state index in [1.165, 1.54) is 0 Å². The molecule has 3 unspecified atom stereocenters. The van der Waals surface area contributed by atoms with Crippen molar-refractivity contribution in [3.63, 3.8) is 0 Å². The van der Waals surface area contributed by atoms with Crippen molar-refractivity contribution in [2.75, 3.05) is 26.9 Å². The standard InChI is InChI=1S/C11H22O4/c1-4-5-11(14-6-9(2)12-3)15-8-10-7-13-10/h9-11H,4-8H2,1-3H3. The van der Waals surface area contributed by atoms with E-state index in [4.69, 9.17) is 18.9 Å². The minimum atomic E-state index is -0.114. The predicted molar refractivity (Wildman–Crippen MR) is 56.8 cm³/mol. The van der Waals surface area contributed by atoms with E-state index in [0.717, 1.165) is 19.4 Å². The average Bonchev–Trinajstić information content (AvgIpc) is 3.05. The number of ether oxygens (including phenoxy) is 4. The van der Waals surface area contributed by atoms with Crippen LogP contribution in [0.1, 0.15) is 26.7 Å². The van der Waals surface area contributed by atoms with E-state index in [0.29, 0.717) is 19.3 Å². The maximum absolute atomic E-state index is 5.61. The van der Waals surface area contributed by atoms with Gasteiger partial charge in [-0.15, -0.1) is 0 Å². The Hall–Kier alpha value is -0.160. The minimum Gasteiger partial charge on any atom is -0.379 e. The van der Waals surface area contributed by atoms with Crippen LogP contribution in [0.2, 0.25) is 0 Å². The van der Waals surface area contributed by atoms with E-state index in [1.54, 1.807) is 7.11 Å². The van der Waals surface area contributed by atoms with Crippen molar-refractivity contribution in [3.05, 3.63) is 0 Å². The fourth-order valence-electron chi connectivity index (χ4n) is 1.14. The first-order valence-electron chi connectivity index (χ1n) is 5.63. The van der Waals surface area contributed by atoms with Crippen LogP contribution in [0.4, 0.5) is 0 Å². The monoisotopic (exact) mass is 218 g/mol. The molecule has 4 nitrogen and oxygen atoms in total. The molecule has 1 aliphatic heterocycles. The van der Waals surface area contributed by atoms with E-state index >= 15 is 0 Å². The van der Waals surface area contributed by atoms with Crippen molar-refractivity contribution < 1.29 is 18.9 Å². The number of rotatable bonds is 9. The van der Waals surface area contributed by atoms with Gasteiger partial charge in [0, 0.05) is 7.11 Å².